The van der Waals surface area contributed by atoms with Gasteiger partial charge >= 0.3 is 5.97 Å². The molecule has 2 rings (SSSR count). The highest BCUT2D eigenvalue weighted by Crippen LogP contribution is 2.15. The van der Waals surface area contributed by atoms with E-state index in [-0.39, 0.29) is 18.3 Å². The monoisotopic (exact) mass is 509 g/mol. The maximum Gasteiger partial charge on any atom is 0.329 e. The first-order valence-electron chi connectivity index (χ1n) is 14.4. The Morgan fingerprint density at radius 1 is 0.730 bits per heavy atom. The van der Waals surface area contributed by atoms with Crippen molar-refractivity contribution in [3.05, 3.63) is 65.7 Å². The number of aromatic hydroxyl groups is 1. The van der Waals surface area contributed by atoms with E-state index in [2.05, 4.69) is 12.2 Å². The molecule has 1 amide bonds. The highest BCUT2D eigenvalue weighted by molar-refractivity contribution is 5.84. The minimum atomic E-state index is -0.761. The molecule has 0 unspecified atom stereocenters. The second kappa shape index (κ2) is 19.3. The lowest BCUT2D eigenvalue weighted by Gasteiger charge is -2.18. The van der Waals surface area contributed by atoms with Gasteiger partial charge in [-0.2, -0.15) is 0 Å². The molecular weight excluding hydrogens is 462 g/mol. The molecule has 0 aromatic heterocycles. The fourth-order valence-corrected chi connectivity index (χ4v) is 4.46. The number of rotatable bonds is 20. The minimum absolute atomic E-state index is 0.122. The standard InChI is InChI=1S/C32H47NO4/c1-2-3-4-5-6-7-8-9-10-11-12-13-17-20-31(35)33-30(25-27-21-23-29(34)24-22-27)32(36)37-26-28-18-15-14-16-19-28/h14-16,18-19,21-24,30,34H,2-13,17,20,25-26H2,1H3,(H,33,35)/t30-/m0/s1. The molecule has 0 fully saturated rings. The first-order chi connectivity index (χ1) is 18.1. The van der Waals surface area contributed by atoms with Crippen LogP contribution in [0.1, 0.15) is 108 Å². The Morgan fingerprint density at radius 2 is 1.27 bits per heavy atom. The second-order valence-corrected chi connectivity index (χ2v) is 10.1. The van der Waals surface area contributed by atoms with Gasteiger partial charge in [0.1, 0.15) is 18.4 Å². The van der Waals surface area contributed by atoms with Crippen LogP contribution in [0.2, 0.25) is 0 Å². The fourth-order valence-electron chi connectivity index (χ4n) is 4.46. The van der Waals surface area contributed by atoms with Gasteiger partial charge in [-0.25, -0.2) is 4.79 Å². The molecule has 37 heavy (non-hydrogen) atoms. The summed E-state index contributed by atoms with van der Waals surface area (Å²) in [5.41, 5.74) is 1.75. The molecule has 2 aromatic carbocycles. The highest BCUT2D eigenvalue weighted by atomic mass is 16.5. The number of ether oxygens (including phenoxy) is 1. The van der Waals surface area contributed by atoms with Gasteiger partial charge in [0.05, 0.1) is 0 Å². The largest absolute Gasteiger partial charge is 0.508 e. The van der Waals surface area contributed by atoms with Gasteiger partial charge in [-0.05, 0) is 29.7 Å². The number of phenolic OH excluding ortho intramolecular Hbond substituents is 1. The Bertz CT molecular complexity index is 866. The van der Waals surface area contributed by atoms with Crippen LogP contribution in [0, 0.1) is 0 Å². The molecule has 0 saturated carbocycles. The molecule has 0 aliphatic rings. The molecule has 2 aromatic rings. The summed E-state index contributed by atoms with van der Waals surface area (Å²) < 4.78 is 5.51. The predicted molar refractivity (Wildman–Crippen MR) is 150 cm³/mol. The predicted octanol–water partition coefficient (Wildman–Crippen LogP) is 7.64. The van der Waals surface area contributed by atoms with Crippen molar-refractivity contribution in [2.75, 3.05) is 0 Å². The number of hydrogen-bond donors (Lipinski definition) is 2. The van der Waals surface area contributed by atoms with Crippen LogP contribution < -0.4 is 5.32 Å². The van der Waals surface area contributed by atoms with Crippen molar-refractivity contribution in [3.8, 4) is 5.75 Å². The molecule has 5 nitrogen and oxygen atoms in total. The molecule has 0 heterocycles. The molecule has 0 aliphatic heterocycles. The van der Waals surface area contributed by atoms with Crippen LogP contribution >= 0.6 is 0 Å². The lowest BCUT2D eigenvalue weighted by molar-refractivity contribution is -0.149. The Morgan fingerprint density at radius 3 is 1.84 bits per heavy atom. The highest BCUT2D eigenvalue weighted by Gasteiger charge is 2.23. The van der Waals surface area contributed by atoms with Gasteiger partial charge in [-0.1, -0.05) is 126 Å². The van der Waals surface area contributed by atoms with Gasteiger partial charge < -0.3 is 15.2 Å². The van der Waals surface area contributed by atoms with E-state index in [0.29, 0.717) is 12.8 Å². The van der Waals surface area contributed by atoms with Crippen LogP contribution in [0.5, 0.6) is 5.75 Å². The smallest absolute Gasteiger partial charge is 0.329 e. The number of unbranched alkanes of at least 4 members (excludes halogenated alkanes) is 12. The van der Waals surface area contributed by atoms with Crippen LogP contribution in [0.3, 0.4) is 0 Å². The summed E-state index contributed by atoms with van der Waals surface area (Å²) in [7, 11) is 0. The van der Waals surface area contributed by atoms with Crippen LogP contribution in [0.15, 0.2) is 54.6 Å². The molecule has 0 saturated heterocycles. The first kappa shape index (κ1) is 30.4. The fraction of sp³-hybridized carbons (Fsp3) is 0.562. The molecule has 1 atom stereocenters. The number of carbonyl (C=O) groups is 2. The molecule has 0 bridgehead atoms. The summed E-state index contributed by atoms with van der Waals surface area (Å²) in [6.45, 7) is 2.42. The van der Waals surface area contributed by atoms with Crippen LogP contribution in [-0.2, 0) is 27.4 Å². The molecule has 5 heteroatoms. The summed E-state index contributed by atoms with van der Waals surface area (Å²) in [6.07, 6.45) is 17.1. The Balaban J connectivity index is 1.66. The van der Waals surface area contributed by atoms with Crippen LogP contribution in [0.4, 0.5) is 0 Å². The van der Waals surface area contributed by atoms with Gasteiger partial charge in [0.2, 0.25) is 5.91 Å². The van der Waals surface area contributed by atoms with Gasteiger partial charge in [0.15, 0.2) is 0 Å². The number of phenols is 1. The third-order valence-corrected chi connectivity index (χ3v) is 6.73. The van der Waals surface area contributed by atoms with Gasteiger partial charge in [0, 0.05) is 12.8 Å². The number of amides is 1. The number of benzene rings is 2. The van der Waals surface area contributed by atoms with Crippen LogP contribution in [-0.4, -0.2) is 23.0 Å². The Hall–Kier alpha value is -2.82. The zero-order valence-electron chi connectivity index (χ0n) is 22.8. The second-order valence-electron chi connectivity index (χ2n) is 10.1. The maximum atomic E-state index is 12.8. The quantitative estimate of drug-likeness (QED) is 0.142. The SMILES string of the molecule is CCCCCCCCCCCCCCCC(=O)N[C@@H](Cc1ccc(O)cc1)C(=O)OCc1ccccc1. The third kappa shape index (κ3) is 14.5. The summed E-state index contributed by atoms with van der Waals surface area (Å²) >= 11 is 0. The zero-order valence-corrected chi connectivity index (χ0v) is 22.8. The third-order valence-electron chi connectivity index (χ3n) is 6.73. The van der Waals surface area contributed by atoms with Crippen molar-refractivity contribution in [2.45, 2.75) is 116 Å². The molecule has 0 radical (unpaired) electrons. The van der Waals surface area contributed by atoms with Crippen molar-refractivity contribution < 1.29 is 19.4 Å². The zero-order chi connectivity index (χ0) is 26.6. The van der Waals surface area contributed by atoms with Crippen molar-refractivity contribution in [3.63, 3.8) is 0 Å². The topological polar surface area (TPSA) is 75.6 Å². The molecule has 0 spiro atoms. The Kier molecular flexibility index (Phi) is 15.9. The van der Waals surface area contributed by atoms with E-state index in [9.17, 15) is 14.7 Å². The number of nitrogens with one attached hydrogen (secondary N) is 1. The van der Waals surface area contributed by atoms with Gasteiger partial charge in [0.25, 0.3) is 0 Å². The number of hydrogen-bond acceptors (Lipinski definition) is 4. The van der Waals surface area contributed by atoms with Crippen molar-refractivity contribution in [2.24, 2.45) is 0 Å². The van der Waals surface area contributed by atoms with Gasteiger partial charge in [-0.15, -0.1) is 0 Å². The van der Waals surface area contributed by atoms with Crippen molar-refractivity contribution >= 4 is 11.9 Å². The Labute approximate surface area is 224 Å². The molecule has 204 valence electrons. The summed E-state index contributed by atoms with van der Waals surface area (Å²) in [4.78, 5) is 25.4. The molecule has 2 N–H and O–H groups in total. The minimum Gasteiger partial charge on any atom is -0.508 e. The van der Waals surface area contributed by atoms with E-state index in [4.69, 9.17) is 4.74 Å². The van der Waals surface area contributed by atoms with E-state index in [0.717, 1.165) is 30.4 Å². The lowest BCUT2D eigenvalue weighted by Crippen LogP contribution is -2.43. The molecule has 0 aliphatic carbocycles. The summed E-state index contributed by atoms with van der Waals surface area (Å²) in [5.74, 6) is -0.405. The summed E-state index contributed by atoms with van der Waals surface area (Å²) in [6, 6.07) is 15.4. The average Bonchev–Trinajstić information content (AvgIpc) is 2.91. The van der Waals surface area contributed by atoms with E-state index in [1.807, 2.05) is 30.3 Å². The van der Waals surface area contributed by atoms with E-state index in [1.54, 1.807) is 24.3 Å². The maximum absolute atomic E-state index is 12.8. The average molecular weight is 510 g/mol. The number of carbonyl (C=O) groups excluding carboxylic acids is 2. The van der Waals surface area contributed by atoms with E-state index < -0.39 is 12.0 Å². The van der Waals surface area contributed by atoms with Crippen molar-refractivity contribution in [1.82, 2.24) is 5.32 Å². The molecular formula is C32H47NO4. The van der Waals surface area contributed by atoms with Gasteiger partial charge in [-0.3, -0.25) is 4.79 Å². The van der Waals surface area contributed by atoms with Crippen LogP contribution in [0.25, 0.3) is 0 Å². The normalized spacial score (nSPS) is 11.7. The number of esters is 1. The van der Waals surface area contributed by atoms with E-state index >= 15 is 0 Å². The first-order valence-corrected chi connectivity index (χ1v) is 14.4. The van der Waals surface area contributed by atoms with E-state index in [1.165, 1.54) is 64.2 Å². The lowest BCUT2D eigenvalue weighted by atomic mass is 10.0. The van der Waals surface area contributed by atoms with Crippen molar-refractivity contribution in [1.29, 1.82) is 0 Å². The summed E-state index contributed by atoms with van der Waals surface area (Å²) in [5, 5.41) is 12.4.